The summed E-state index contributed by atoms with van der Waals surface area (Å²) in [5.74, 6) is 1.68. The topological polar surface area (TPSA) is 41.1 Å². The van der Waals surface area contributed by atoms with E-state index >= 15 is 0 Å². The van der Waals surface area contributed by atoms with Crippen molar-refractivity contribution in [1.29, 1.82) is 0 Å². The average molecular weight is 361 g/mol. The summed E-state index contributed by atoms with van der Waals surface area (Å²) in [6.45, 7) is 6.74. The van der Waals surface area contributed by atoms with Gasteiger partial charge in [-0.3, -0.25) is 0 Å². The number of hydrogen-bond acceptors (Lipinski definition) is 4. The number of anilines is 2. The number of nitrogens with zero attached hydrogens (tertiary/aromatic N) is 3. The molecule has 0 aliphatic rings. The fourth-order valence-electron chi connectivity index (χ4n) is 3.07. The Hall–Kier alpha value is -2.88. The van der Waals surface area contributed by atoms with Crippen molar-refractivity contribution in [2.75, 3.05) is 23.3 Å². The molecule has 1 N–H and O–H groups in total. The summed E-state index contributed by atoms with van der Waals surface area (Å²) in [7, 11) is 0. The lowest BCUT2D eigenvalue weighted by Crippen LogP contribution is -2.25. The fraction of sp³-hybridized carbons (Fsp3) is 0.304. The van der Waals surface area contributed by atoms with Crippen molar-refractivity contribution >= 4 is 11.8 Å². The van der Waals surface area contributed by atoms with E-state index in [0.717, 1.165) is 49.9 Å². The van der Waals surface area contributed by atoms with Crippen LogP contribution >= 0.6 is 0 Å². The van der Waals surface area contributed by atoms with E-state index in [1.807, 2.05) is 19.1 Å². The molecule has 1 aromatic heterocycles. The Kier molecular flexibility index (Phi) is 6.80. The van der Waals surface area contributed by atoms with Crippen molar-refractivity contribution in [3.05, 3.63) is 83.6 Å². The van der Waals surface area contributed by atoms with Gasteiger partial charge in [0, 0.05) is 31.4 Å². The number of rotatable bonds is 9. The second-order valence-corrected chi connectivity index (χ2v) is 6.71. The van der Waals surface area contributed by atoms with Gasteiger partial charge < -0.3 is 10.2 Å². The zero-order chi connectivity index (χ0) is 18.9. The third kappa shape index (κ3) is 5.81. The highest BCUT2D eigenvalue weighted by atomic mass is 15.3. The van der Waals surface area contributed by atoms with Gasteiger partial charge in [-0.25, -0.2) is 4.98 Å². The van der Waals surface area contributed by atoms with Crippen LogP contribution in [0.5, 0.6) is 0 Å². The van der Waals surface area contributed by atoms with E-state index in [0.29, 0.717) is 0 Å². The van der Waals surface area contributed by atoms with E-state index in [4.69, 9.17) is 4.98 Å². The van der Waals surface area contributed by atoms with E-state index in [1.54, 1.807) is 0 Å². The molecule has 3 aromatic rings. The Labute approximate surface area is 162 Å². The Morgan fingerprint density at radius 1 is 0.889 bits per heavy atom. The minimum absolute atomic E-state index is 0.784. The van der Waals surface area contributed by atoms with Gasteiger partial charge in [-0.15, -0.1) is 0 Å². The Morgan fingerprint density at radius 3 is 2.22 bits per heavy atom. The maximum absolute atomic E-state index is 4.75. The molecule has 0 amide bonds. The van der Waals surface area contributed by atoms with Gasteiger partial charge in [0.15, 0.2) is 0 Å². The number of aromatic nitrogens is 2. The highest BCUT2D eigenvalue weighted by Crippen LogP contribution is 2.16. The lowest BCUT2D eigenvalue weighted by atomic mass is 10.1. The minimum Gasteiger partial charge on any atom is -0.370 e. The predicted molar refractivity (Wildman–Crippen MR) is 113 cm³/mol. The predicted octanol–water partition coefficient (Wildman–Crippen LogP) is 4.86. The highest BCUT2D eigenvalue weighted by Gasteiger charge is 2.10. The fourth-order valence-corrected chi connectivity index (χ4v) is 3.07. The molecule has 0 saturated carbocycles. The quantitative estimate of drug-likeness (QED) is 0.554. The van der Waals surface area contributed by atoms with Gasteiger partial charge >= 0.3 is 0 Å². The first kappa shape index (κ1) is 18.9. The lowest BCUT2D eigenvalue weighted by molar-refractivity contribution is 0.785. The van der Waals surface area contributed by atoms with Crippen LogP contribution in [-0.4, -0.2) is 23.1 Å². The van der Waals surface area contributed by atoms with Crippen molar-refractivity contribution in [3.8, 4) is 0 Å². The lowest BCUT2D eigenvalue weighted by Gasteiger charge is -2.22. The minimum atomic E-state index is 0.784. The maximum atomic E-state index is 4.75. The molecule has 3 rings (SSSR count). The van der Waals surface area contributed by atoms with Gasteiger partial charge in [0.05, 0.1) is 0 Å². The van der Waals surface area contributed by atoms with E-state index < -0.39 is 0 Å². The van der Waals surface area contributed by atoms with Crippen molar-refractivity contribution in [2.45, 2.75) is 33.2 Å². The molecule has 1 heterocycles. The van der Waals surface area contributed by atoms with E-state index in [1.165, 1.54) is 11.1 Å². The van der Waals surface area contributed by atoms with Crippen LogP contribution in [0.25, 0.3) is 0 Å². The first-order valence-electron chi connectivity index (χ1n) is 9.67. The molecule has 27 heavy (non-hydrogen) atoms. The van der Waals surface area contributed by atoms with Crippen LogP contribution in [0.1, 0.15) is 30.2 Å². The van der Waals surface area contributed by atoms with Gasteiger partial charge in [0.1, 0.15) is 5.82 Å². The van der Waals surface area contributed by atoms with E-state index in [-0.39, 0.29) is 0 Å². The first-order valence-corrected chi connectivity index (χ1v) is 9.67. The molecule has 2 aromatic carbocycles. The summed E-state index contributed by atoms with van der Waals surface area (Å²) >= 11 is 0. The van der Waals surface area contributed by atoms with Gasteiger partial charge in [0.2, 0.25) is 5.95 Å². The SMILES string of the molecule is CCN(Cc1ccccc1)c1nc(C)cc(NCCCc2ccccc2)n1. The average Bonchev–Trinajstić information content (AvgIpc) is 2.70. The summed E-state index contributed by atoms with van der Waals surface area (Å²) in [5.41, 5.74) is 3.62. The van der Waals surface area contributed by atoms with E-state index in [2.05, 4.69) is 76.7 Å². The molecule has 0 radical (unpaired) electrons. The summed E-state index contributed by atoms with van der Waals surface area (Å²) < 4.78 is 0. The maximum Gasteiger partial charge on any atom is 0.227 e. The molecule has 4 heteroatoms. The number of aryl methyl sites for hydroxylation is 2. The van der Waals surface area contributed by atoms with Crippen LogP contribution in [-0.2, 0) is 13.0 Å². The smallest absolute Gasteiger partial charge is 0.227 e. The monoisotopic (exact) mass is 360 g/mol. The van der Waals surface area contributed by atoms with Crippen LogP contribution < -0.4 is 10.2 Å². The van der Waals surface area contributed by atoms with Crippen LogP contribution in [0, 0.1) is 6.92 Å². The Bertz CT molecular complexity index is 818. The molecule has 0 spiro atoms. The summed E-state index contributed by atoms with van der Waals surface area (Å²) in [4.78, 5) is 11.6. The molecule has 0 aliphatic heterocycles. The third-order valence-corrected chi connectivity index (χ3v) is 4.51. The third-order valence-electron chi connectivity index (χ3n) is 4.51. The molecule has 0 aliphatic carbocycles. The van der Waals surface area contributed by atoms with Crippen molar-refractivity contribution in [2.24, 2.45) is 0 Å². The zero-order valence-corrected chi connectivity index (χ0v) is 16.2. The summed E-state index contributed by atoms with van der Waals surface area (Å²) in [5, 5.41) is 3.46. The van der Waals surface area contributed by atoms with E-state index in [9.17, 15) is 0 Å². The van der Waals surface area contributed by atoms with Gasteiger partial charge in [0.25, 0.3) is 0 Å². The number of nitrogens with one attached hydrogen (secondary N) is 1. The molecule has 0 bridgehead atoms. The number of benzene rings is 2. The van der Waals surface area contributed by atoms with Crippen LogP contribution in [0.4, 0.5) is 11.8 Å². The molecule has 0 fully saturated rings. The molecule has 140 valence electrons. The van der Waals surface area contributed by atoms with Crippen molar-refractivity contribution in [3.63, 3.8) is 0 Å². The molecule has 0 saturated heterocycles. The van der Waals surface area contributed by atoms with Crippen LogP contribution in [0.3, 0.4) is 0 Å². The second-order valence-electron chi connectivity index (χ2n) is 6.71. The largest absolute Gasteiger partial charge is 0.370 e. The molecule has 4 nitrogen and oxygen atoms in total. The highest BCUT2D eigenvalue weighted by molar-refractivity contribution is 5.44. The molecular weight excluding hydrogens is 332 g/mol. The van der Waals surface area contributed by atoms with Gasteiger partial charge in [-0.1, -0.05) is 60.7 Å². The van der Waals surface area contributed by atoms with Gasteiger partial charge in [-0.05, 0) is 37.8 Å². The van der Waals surface area contributed by atoms with Crippen molar-refractivity contribution < 1.29 is 0 Å². The van der Waals surface area contributed by atoms with Crippen molar-refractivity contribution in [1.82, 2.24) is 9.97 Å². The first-order chi connectivity index (χ1) is 13.2. The Morgan fingerprint density at radius 2 is 1.56 bits per heavy atom. The number of hydrogen-bond donors (Lipinski definition) is 1. The van der Waals surface area contributed by atoms with Crippen LogP contribution in [0.2, 0.25) is 0 Å². The summed E-state index contributed by atoms with van der Waals surface area (Å²) in [6, 6.07) is 23.1. The zero-order valence-electron chi connectivity index (χ0n) is 16.2. The standard InChI is InChI=1S/C23H28N4/c1-3-27(18-21-13-8-5-9-14-21)23-25-19(2)17-22(26-23)24-16-10-15-20-11-6-4-7-12-20/h4-9,11-14,17H,3,10,15-16,18H2,1-2H3,(H,24,25,26). The molecule has 0 atom stereocenters. The molecular formula is C23H28N4. The summed E-state index contributed by atoms with van der Waals surface area (Å²) in [6.07, 6.45) is 2.14. The Balaban J connectivity index is 1.60. The van der Waals surface area contributed by atoms with Gasteiger partial charge in [-0.2, -0.15) is 4.98 Å². The molecule has 0 unspecified atom stereocenters. The normalized spacial score (nSPS) is 10.6. The second kappa shape index (κ2) is 9.72. The van der Waals surface area contributed by atoms with Crippen LogP contribution in [0.15, 0.2) is 66.7 Å².